The van der Waals surface area contributed by atoms with Gasteiger partial charge in [0.25, 0.3) is 5.91 Å². The third-order valence-corrected chi connectivity index (χ3v) is 3.51. The highest BCUT2D eigenvalue weighted by atomic mass is 35.5. The number of rotatable bonds is 2. The summed E-state index contributed by atoms with van der Waals surface area (Å²) in [4.78, 5) is 17.1. The molecule has 2 atom stereocenters. The van der Waals surface area contributed by atoms with Crippen LogP contribution in [0.5, 0.6) is 0 Å². The van der Waals surface area contributed by atoms with Gasteiger partial charge in [-0.1, -0.05) is 11.6 Å². The van der Waals surface area contributed by atoms with Crippen LogP contribution in [0.3, 0.4) is 0 Å². The third-order valence-electron chi connectivity index (χ3n) is 3.30. The van der Waals surface area contributed by atoms with Gasteiger partial charge in [-0.25, -0.2) is 0 Å². The Morgan fingerprint density at radius 3 is 3.00 bits per heavy atom. The van der Waals surface area contributed by atoms with E-state index in [1.165, 1.54) is 0 Å². The summed E-state index contributed by atoms with van der Waals surface area (Å²) in [6.45, 7) is 2.74. The molecule has 0 spiro atoms. The van der Waals surface area contributed by atoms with Crippen molar-refractivity contribution in [2.75, 3.05) is 6.54 Å². The van der Waals surface area contributed by atoms with Crippen LogP contribution in [-0.4, -0.2) is 34.4 Å². The molecule has 1 aliphatic heterocycles. The molecule has 3 N–H and O–H groups in total. The molecule has 4 nitrogen and oxygen atoms in total. The summed E-state index contributed by atoms with van der Waals surface area (Å²) in [6, 6.07) is 1.81. The van der Waals surface area contributed by atoms with Gasteiger partial charge >= 0.3 is 0 Å². The van der Waals surface area contributed by atoms with E-state index in [0.29, 0.717) is 10.7 Å². The molecule has 1 aromatic heterocycles. The third kappa shape index (κ3) is 2.64. The van der Waals surface area contributed by atoms with Gasteiger partial charge in [-0.05, 0) is 32.3 Å². The molecule has 1 fully saturated rings. The number of nitrogens with zero attached hydrogens (tertiary/aromatic N) is 1. The minimum atomic E-state index is -0.00102. The predicted molar refractivity (Wildman–Crippen MR) is 68.1 cm³/mol. The Labute approximate surface area is 106 Å². The largest absolute Gasteiger partial charge is 0.356 e. The zero-order valence-electron chi connectivity index (χ0n) is 9.95. The molecule has 2 heterocycles. The second-order valence-electron chi connectivity index (χ2n) is 4.65. The molecule has 2 rings (SSSR count). The van der Waals surface area contributed by atoms with Crippen molar-refractivity contribution in [1.29, 1.82) is 0 Å². The monoisotopic (exact) mass is 255 g/mol. The number of piperidine rings is 1. The molecule has 1 aromatic rings. The number of hydrogen-bond donors (Lipinski definition) is 2. The van der Waals surface area contributed by atoms with E-state index in [4.69, 9.17) is 17.3 Å². The van der Waals surface area contributed by atoms with E-state index < -0.39 is 0 Å². The Balaban J connectivity index is 2.16. The lowest BCUT2D eigenvalue weighted by atomic mass is 9.96. The van der Waals surface area contributed by atoms with Crippen molar-refractivity contribution in [1.82, 2.24) is 9.88 Å². The van der Waals surface area contributed by atoms with Gasteiger partial charge in [0.15, 0.2) is 0 Å². The van der Waals surface area contributed by atoms with Crippen molar-refractivity contribution in [2.45, 2.75) is 38.3 Å². The molecular formula is C12H18ClN3O. The SMILES string of the molecule is CC(N)C1CCCCN1C(=O)c1cc(Cl)c[nH]1. The molecule has 17 heavy (non-hydrogen) atoms. The van der Waals surface area contributed by atoms with Gasteiger partial charge in [-0.3, -0.25) is 4.79 Å². The van der Waals surface area contributed by atoms with E-state index in [-0.39, 0.29) is 18.0 Å². The number of amides is 1. The maximum absolute atomic E-state index is 12.3. The van der Waals surface area contributed by atoms with Crippen molar-refractivity contribution in [3.8, 4) is 0 Å². The van der Waals surface area contributed by atoms with E-state index in [9.17, 15) is 4.79 Å². The topological polar surface area (TPSA) is 62.1 Å². The Bertz CT molecular complexity index is 402. The lowest BCUT2D eigenvalue weighted by molar-refractivity contribution is 0.0578. The number of halogens is 1. The summed E-state index contributed by atoms with van der Waals surface area (Å²) in [5, 5.41) is 0.558. The summed E-state index contributed by atoms with van der Waals surface area (Å²) in [6.07, 6.45) is 4.79. The van der Waals surface area contributed by atoms with Crippen LogP contribution in [0.25, 0.3) is 0 Å². The van der Waals surface area contributed by atoms with E-state index in [1.807, 2.05) is 11.8 Å². The molecule has 1 aliphatic rings. The van der Waals surface area contributed by atoms with Crippen LogP contribution in [0, 0.1) is 0 Å². The van der Waals surface area contributed by atoms with Gasteiger partial charge in [0.2, 0.25) is 0 Å². The average Bonchev–Trinajstić information content (AvgIpc) is 2.75. The van der Waals surface area contributed by atoms with Crippen molar-refractivity contribution in [2.24, 2.45) is 5.73 Å². The first kappa shape index (κ1) is 12.5. The molecule has 2 unspecified atom stereocenters. The standard InChI is InChI=1S/C12H18ClN3O/c1-8(14)11-4-2-3-5-16(11)12(17)10-6-9(13)7-15-10/h6-8,11,15H,2-5,14H2,1H3. The van der Waals surface area contributed by atoms with Crippen molar-refractivity contribution < 1.29 is 4.79 Å². The molecular weight excluding hydrogens is 238 g/mol. The summed E-state index contributed by atoms with van der Waals surface area (Å²) in [5.74, 6) is -0.00102. The maximum atomic E-state index is 12.3. The number of carbonyl (C=O) groups excluding carboxylic acids is 1. The molecule has 5 heteroatoms. The zero-order valence-corrected chi connectivity index (χ0v) is 10.7. The average molecular weight is 256 g/mol. The van der Waals surface area contributed by atoms with Crippen molar-refractivity contribution in [3.63, 3.8) is 0 Å². The van der Waals surface area contributed by atoms with Crippen molar-refractivity contribution >= 4 is 17.5 Å². The van der Waals surface area contributed by atoms with E-state index in [0.717, 1.165) is 25.8 Å². The minimum absolute atomic E-state index is 0.00102. The summed E-state index contributed by atoms with van der Waals surface area (Å²) >= 11 is 5.82. The number of likely N-dealkylation sites (tertiary alicyclic amines) is 1. The zero-order chi connectivity index (χ0) is 12.4. The number of H-pyrrole nitrogens is 1. The number of nitrogens with two attached hydrogens (primary N) is 1. The second kappa shape index (κ2) is 5.10. The highest BCUT2D eigenvalue weighted by Crippen LogP contribution is 2.22. The fourth-order valence-corrected chi connectivity index (χ4v) is 2.57. The molecule has 0 bridgehead atoms. The van der Waals surface area contributed by atoms with E-state index in [2.05, 4.69) is 4.98 Å². The van der Waals surface area contributed by atoms with Crippen LogP contribution < -0.4 is 5.73 Å². The molecule has 0 aliphatic carbocycles. The van der Waals surface area contributed by atoms with Crippen LogP contribution in [-0.2, 0) is 0 Å². The summed E-state index contributed by atoms with van der Waals surface area (Å²) < 4.78 is 0. The number of aromatic nitrogens is 1. The molecule has 0 aromatic carbocycles. The lowest BCUT2D eigenvalue weighted by Crippen LogP contribution is -2.51. The fourth-order valence-electron chi connectivity index (χ4n) is 2.40. The fraction of sp³-hybridized carbons (Fsp3) is 0.583. The van der Waals surface area contributed by atoms with Gasteiger partial charge in [0, 0.05) is 24.8 Å². The Hall–Kier alpha value is -1.00. The van der Waals surface area contributed by atoms with E-state index in [1.54, 1.807) is 12.3 Å². The quantitative estimate of drug-likeness (QED) is 0.849. The Morgan fingerprint density at radius 1 is 1.65 bits per heavy atom. The maximum Gasteiger partial charge on any atom is 0.270 e. The first-order chi connectivity index (χ1) is 8.09. The number of hydrogen-bond acceptors (Lipinski definition) is 2. The number of carbonyl (C=O) groups is 1. The van der Waals surface area contributed by atoms with Gasteiger partial charge in [-0.2, -0.15) is 0 Å². The molecule has 0 saturated carbocycles. The molecule has 1 amide bonds. The first-order valence-corrected chi connectivity index (χ1v) is 6.38. The summed E-state index contributed by atoms with van der Waals surface area (Å²) in [7, 11) is 0. The number of nitrogens with one attached hydrogen (secondary N) is 1. The lowest BCUT2D eigenvalue weighted by Gasteiger charge is -2.37. The van der Waals surface area contributed by atoms with Crippen LogP contribution in [0.1, 0.15) is 36.7 Å². The molecule has 1 saturated heterocycles. The van der Waals surface area contributed by atoms with Crippen LogP contribution in [0.4, 0.5) is 0 Å². The highest BCUT2D eigenvalue weighted by molar-refractivity contribution is 6.30. The van der Waals surface area contributed by atoms with Crippen LogP contribution in [0.15, 0.2) is 12.3 Å². The van der Waals surface area contributed by atoms with Crippen LogP contribution >= 0.6 is 11.6 Å². The van der Waals surface area contributed by atoms with Gasteiger partial charge in [0.1, 0.15) is 5.69 Å². The summed E-state index contributed by atoms with van der Waals surface area (Å²) in [5.41, 5.74) is 6.49. The number of aromatic amines is 1. The van der Waals surface area contributed by atoms with Crippen LogP contribution in [0.2, 0.25) is 5.02 Å². The normalized spacial score (nSPS) is 22.5. The molecule has 94 valence electrons. The van der Waals surface area contributed by atoms with Gasteiger partial charge < -0.3 is 15.6 Å². The minimum Gasteiger partial charge on any atom is -0.356 e. The van der Waals surface area contributed by atoms with Gasteiger partial charge in [0.05, 0.1) is 5.02 Å². The van der Waals surface area contributed by atoms with E-state index >= 15 is 0 Å². The highest BCUT2D eigenvalue weighted by Gasteiger charge is 2.30. The smallest absolute Gasteiger partial charge is 0.270 e. The predicted octanol–water partition coefficient (Wildman–Crippen LogP) is 2.01. The Kier molecular flexibility index (Phi) is 3.74. The Morgan fingerprint density at radius 2 is 2.41 bits per heavy atom. The molecule has 0 radical (unpaired) electrons. The van der Waals surface area contributed by atoms with Crippen molar-refractivity contribution in [3.05, 3.63) is 23.0 Å². The first-order valence-electron chi connectivity index (χ1n) is 6.00. The van der Waals surface area contributed by atoms with Gasteiger partial charge in [-0.15, -0.1) is 0 Å². The second-order valence-corrected chi connectivity index (χ2v) is 5.09.